The third-order valence-electron chi connectivity index (χ3n) is 5.89. The first kappa shape index (κ1) is 27.8. The number of halogens is 2. The van der Waals surface area contributed by atoms with Crippen molar-refractivity contribution in [2.75, 3.05) is 13.2 Å². The summed E-state index contributed by atoms with van der Waals surface area (Å²) in [5.74, 6) is 0.114. The van der Waals surface area contributed by atoms with E-state index in [1.54, 1.807) is 11.0 Å². The molecule has 3 rings (SSSR count). The fourth-order valence-electron chi connectivity index (χ4n) is 3.81. The molecule has 0 saturated carbocycles. The van der Waals surface area contributed by atoms with Crippen LogP contribution >= 0.6 is 27.5 Å². The Labute approximate surface area is 226 Å². The lowest BCUT2D eigenvalue weighted by molar-refractivity contribution is -0.142. The Balaban J connectivity index is 1.89. The minimum atomic E-state index is -0.719. The minimum Gasteiger partial charge on any atom is -0.484 e. The van der Waals surface area contributed by atoms with Crippen molar-refractivity contribution < 1.29 is 14.3 Å². The highest BCUT2D eigenvalue weighted by Gasteiger charge is 2.31. The highest BCUT2D eigenvalue weighted by Crippen LogP contribution is 2.23. The van der Waals surface area contributed by atoms with Crippen molar-refractivity contribution in [3.05, 3.63) is 99.0 Å². The summed E-state index contributed by atoms with van der Waals surface area (Å²) in [6, 6.07) is 21.9. The lowest BCUT2D eigenvalue weighted by Gasteiger charge is -2.31. The summed E-state index contributed by atoms with van der Waals surface area (Å²) in [6.07, 6.45) is 2.22. The van der Waals surface area contributed by atoms with Crippen LogP contribution in [-0.4, -0.2) is 35.9 Å². The molecule has 1 N–H and O–H groups in total. The summed E-state index contributed by atoms with van der Waals surface area (Å²) in [7, 11) is 0. The van der Waals surface area contributed by atoms with E-state index in [0.717, 1.165) is 34.0 Å². The van der Waals surface area contributed by atoms with Crippen molar-refractivity contribution in [1.29, 1.82) is 0 Å². The number of hydrogen-bond acceptors (Lipinski definition) is 3. The highest BCUT2D eigenvalue weighted by atomic mass is 79.9. The third-order valence-corrected chi connectivity index (χ3v) is 7.15. The SMILES string of the molecule is CCCCNC(=O)[C@H](Cc1ccccc1)N(Cc1ccccc1Cl)C(=O)COc1ccc(Br)c(C)c1. The fraction of sp³-hybridized carbons (Fsp3) is 0.310. The number of rotatable bonds is 12. The normalized spacial score (nSPS) is 11.6. The molecule has 0 unspecified atom stereocenters. The number of carbonyl (C=O) groups excluding carboxylic acids is 2. The summed E-state index contributed by atoms with van der Waals surface area (Å²) < 4.78 is 6.82. The third kappa shape index (κ3) is 8.10. The average Bonchev–Trinajstić information content (AvgIpc) is 2.88. The fourth-order valence-corrected chi connectivity index (χ4v) is 4.25. The molecule has 0 aliphatic carbocycles. The van der Waals surface area contributed by atoms with Crippen molar-refractivity contribution in [1.82, 2.24) is 10.2 Å². The van der Waals surface area contributed by atoms with Crippen molar-refractivity contribution in [3.63, 3.8) is 0 Å². The van der Waals surface area contributed by atoms with Gasteiger partial charge in [-0.1, -0.05) is 89.4 Å². The van der Waals surface area contributed by atoms with Gasteiger partial charge in [-0.25, -0.2) is 0 Å². The molecule has 3 aromatic carbocycles. The van der Waals surface area contributed by atoms with Crippen LogP contribution in [0.4, 0.5) is 0 Å². The Kier molecular flexibility index (Phi) is 10.8. The van der Waals surface area contributed by atoms with E-state index >= 15 is 0 Å². The van der Waals surface area contributed by atoms with Crippen LogP contribution in [0.25, 0.3) is 0 Å². The monoisotopic (exact) mass is 570 g/mol. The molecule has 2 amide bonds. The summed E-state index contributed by atoms with van der Waals surface area (Å²) >= 11 is 9.93. The van der Waals surface area contributed by atoms with E-state index in [1.165, 1.54) is 0 Å². The molecule has 36 heavy (non-hydrogen) atoms. The van der Waals surface area contributed by atoms with E-state index < -0.39 is 6.04 Å². The molecule has 0 heterocycles. The molecule has 1 atom stereocenters. The van der Waals surface area contributed by atoms with Gasteiger partial charge in [-0.05, 0) is 54.3 Å². The van der Waals surface area contributed by atoms with Crippen molar-refractivity contribution >= 4 is 39.3 Å². The van der Waals surface area contributed by atoms with Gasteiger partial charge in [-0.3, -0.25) is 9.59 Å². The van der Waals surface area contributed by atoms with Crippen molar-refractivity contribution in [2.24, 2.45) is 0 Å². The molecule has 5 nitrogen and oxygen atoms in total. The van der Waals surface area contributed by atoms with Gasteiger partial charge in [0.1, 0.15) is 11.8 Å². The van der Waals surface area contributed by atoms with E-state index in [1.807, 2.05) is 73.7 Å². The van der Waals surface area contributed by atoms with Gasteiger partial charge in [0.25, 0.3) is 5.91 Å². The molecular formula is C29H32BrClN2O3. The zero-order valence-corrected chi connectivity index (χ0v) is 23.0. The molecule has 0 fully saturated rings. The van der Waals surface area contributed by atoms with Crippen molar-refractivity contribution in [3.8, 4) is 5.75 Å². The molecule has 0 saturated heterocycles. The maximum Gasteiger partial charge on any atom is 0.261 e. The summed E-state index contributed by atoms with van der Waals surface area (Å²) in [5, 5.41) is 3.56. The van der Waals surface area contributed by atoms with Gasteiger partial charge in [0.05, 0.1) is 0 Å². The predicted molar refractivity (Wildman–Crippen MR) is 148 cm³/mol. The standard InChI is InChI=1S/C29H32BrClN2O3/c1-3-4-16-32-29(35)27(18-22-10-6-5-7-11-22)33(19-23-12-8-9-13-26(23)31)28(34)20-36-24-14-15-25(30)21(2)17-24/h5-15,17,27H,3-4,16,18-20H2,1-2H3,(H,32,35)/t27-/m0/s1. The maximum atomic E-state index is 13.6. The van der Waals surface area contributed by atoms with E-state index in [2.05, 4.69) is 28.2 Å². The van der Waals surface area contributed by atoms with Crippen LogP contribution in [0.15, 0.2) is 77.3 Å². The van der Waals surface area contributed by atoms with Crippen LogP contribution in [0.5, 0.6) is 5.75 Å². The number of benzene rings is 3. The number of carbonyl (C=O) groups is 2. The van der Waals surface area contributed by atoms with E-state index in [-0.39, 0.29) is 25.0 Å². The largest absolute Gasteiger partial charge is 0.484 e. The molecule has 7 heteroatoms. The van der Waals surface area contributed by atoms with E-state index in [0.29, 0.717) is 23.7 Å². The number of nitrogens with zero attached hydrogens (tertiary/aromatic N) is 1. The molecule has 0 spiro atoms. The maximum absolute atomic E-state index is 13.6. The van der Waals surface area contributed by atoms with Crippen LogP contribution in [0, 0.1) is 6.92 Å². The van der Waals surface area contributed by atoms with Gasteiger partial charge < -0.3 is 15.0 Å². The van der Waals surface area contributed by atoms with Gasteiger partial charge in [-0.2, -0.15) is 0 Å². The number of aryl methyl sites for hydroxylation is 1. The second-order valence-corrected chi connectivity index (χ2v) is 9.92. The van der Waals surface area contributed by atoms with Crippen LogP contribution in [0.1, 0.15) is 36.5 Å². The first-order valence-electron chi connectivity index (χ1n) is 12.1. The number of nitrogens with one attached hydrogen (secondary N) is 1. The Morgan fingerprint density at radius 1 is 1.06 bits per heavy atom. The molecule has 0 aromatic heterocycles. The number of hydrogen-bond donors (Lipinski definition) is 1. The first-order valence-corrected chi connectivity index (χ1v) is 13.3. The second-order valence-electron chi connectivity index (χ2n) is 8.66. The molecule has 0 radical (unpaired) electrons. The van der Waals surface area contributed by atoms with Crippen molar-refractivity contribution in [2.45, 2.75) is 45.7 Å². The first-order chi connectivity index (χ1) is 17.4. The predicted octanol–water partition coefficient (Wildman–Crippen LogP) is 6.35. The van der Waals surface area contributed by atoms with Gasteiger partial charge in [0.15, 0.2) is 6.61 Å². The smallest absolute Gasteiger partial charge is 0.261 e. The molecule has 3 aromatic rings. The Morgan fingerprint density at radius 2 is 1.78 bits per heavy atom. The van der Waals surface area contributed by atoms with Gasteiger partial charge in [0.2, 0.25) is 5.91 Å². The zero-order valence-electron chi connectivity index (χ0n) is 20.7. The lowest BCUT2D eigenvalue weighted by atomic mass is 10.0. The summed E-state index contributed by atoms with van der Waals surface area (Å²) in [6.45, 7) is 4.59. The molecular weight excluding hydrogens is 540 g/mol. The quantitative estimate of drug-likeness (QED) is 0.258. The molecule has 0 bridgehead atoms. The highest BCUT2D eigenvalue weighted by molar-refractivity contribution is 9.10. The topological polar surface area (TPSA) is 58.6 Å². The molecule has 0 aliphatic rings. The number of ether oxygens (including phenoxy) is 1. The average molecular weight is 572 g/mol. The van der Waals surface area contributed by atoms with Crippen LogP contribution in [0.2, 0.25) is 5.02 Å². The van der Waals surface area contributed by atoms with Gasteiger partial charge in [0, 0.05) is 29.0 Å². The lowest BCUT2D eigenvalue weighted by Crippen LogP contribution is -2.51. The van der Waals surface area contributed by atoms with Gasteiger partial charge in [-0.15, -0.1) is 0 Å². The second kappa shape index (κ2) is 14.0. The van der Waals surface area contributed by atoms with Gasteiger partial charge >= 0.3 is 0 Å². The van der Waals surface area contributed by atoms with Crippen LogP contribution in [-0.2, 0) is 22.6 Å². The van der Waals surface area contributed by atoms with E-state index in [9.17, 15) is 9.59 Å². The number of amides is 2. The minimum absolute atomic E-state index is 0.188. The Morgan fingerprint density at radius 3 is 2.47 bits per heavy atom. The number of unbranched alkanes of at least 4 members (excludes halogenated alkanes) is 1. The zero-order chi connectivity index (χ0) is 25.9. The summed E-state index contributed by atoms with van der Waals surface area (Å²) in [5.41, 5.74) is 2.74. The Hall–Kier alpha value is -2.83. The Bertz CT molecular complexity index is 1160. The molecule has 0 aliphatic heterocycles. The van der Waals surface area contributed by atoms with Crippen LogP contribution < -0.4 is 10.1 Å². The van der Waals surface area contributed by atoms with E-state index in [4.69, 9.17) is 16.3 Å². The summed E-state index contributed by atoms with van der Waals surface area (Å²) in [4.78, 5) is 28.6. The molecule has 190 valence electrons. The van der Waals surface area contributed by atoms with Crippen LogP contribution in [0.3, 0.4) is 0 Å².